The Hall–Kier alpha value is -2.21. The van der Waals surface area contributed by atoms with Crippen LogP contribution >= 0.6 is 12.2 Å². The number of aromatic nitrogens is 4. The highest BCUT2D eigenvalue weighted by molar-refractivity contribution is 7.71. The maximum Gasteiger partial charge on any atom is 0.178 e. The minimum Gasteiger partial charge on any atom is -0.492 e. The van der Waals surface area contributed by atoms with Crippen molar-refractivity contribution in [3.8, 4) is 5.75 Å². The van der Waals surface area contributed by atoms with Gasteiger partial charge in [-0.2, -0.15) is 10.2 Å². The fraction of sp³-hybridized carbons (Fsp3) is 0.214. The maximum absolute atomic E-state index is 5.62. The molecule has 3 aromatic rings. The fourth-order valence-corrected chi connectivity index (χ4v) is 2.43. The molecule has 0 atom stereocenters. The minimum absolute atomic E-state index is 0.586. The molecule has 0 radical (unpaired) electrons. The van der Waals surface area contributed by atoms with Gasteiger partial charge in [-0.15, -0.1) is 0 Å². The standard InChI is InChI=1S/C14H14N4OS/c1-2-19-12-7-3-6-11-13(12)16-14(20)18(11)9-10-5-4-8-15-17-10/h3-8H,2,9H2,1H3,(H,16,20). The SMILES string of the molecule is CCOc1cccc2c1[nH]c(=S)n2Cc1cccnn1. The molecule has 6 heteroatoms. The maximum atomic E-state index is 5.62. The smallest absolute Gasteiger partial charge is 0.178 e. The molecule has 102 valence electrons. The van der Waals surface area contributed by atoms with Gasteiger partial charge in [0.15, 0.2) is 4.77 Å². The lowest BCUT2D eigenvalue weighted by molar-refractivity contribution is 0.343. The summed E-state index contributed by atoms with van der Waals surface area (Å²) < 4.78 is 8.27. The van der Waals surface area contributed by atoms with Crippen LogP contribution in [0.5, 0.6) is 5.75 Å². The number of benzene rings is 1. The largest absolute Gasteiger partial charge is 0.492 e. The van der Waals surface area contributed by atoms with E-state index in [0.717, 1.165) is 22.5 Å². The fourth-order valence-electron chi connectivity index (χ4n) is 2.17. The second kappa shape index (κ2) is 5.42. The highest BCUT2D eigenvalue weighted by Gasteiger charge is 2.09. The zero-order valence-corrected chi connectivity index (χ0v) is 11.9. The summed E-state index contributed by atoms with van der Waals surface area (Å²) >= 11 is 5.40. The third-order valence-corrected chi connectivity index (χ3v) is 3.34. The van der Waals surface area contributed by atoms with Gasteiger partial charge in [-0.05, 0) is 43.4 Å². The van der Waals surface area contributed by atoms with Crippen molar-refractivity contribution in [1.29, 1.82) is 0 Å². The molecule has 0 aliphatic rings. The second-order valence-corrected chi connectivity index (χ2v) is 4.70. The van der Waals surface area contributed by atoms with Gasteiger partial charge in [-0.1, -0.05) is 6.07 Å². The molecule has 0 spiro atoms. The third kappa shape index (κ3) is 2.30. The molecule has 5 nitrogen and oxygen atoms in total. The molecule has 0 bridgehead atoms. The Morgan fingerprint density at radius 1 is 1.30 bits per heavy atom. The topological polar surface area (TPSA) is 55.7 Å². The van der Waals surface area contributed by atoms with Crippen molar-refractivity contribution in [1.82, 2.24) is 19.7 Å². The number of para-hydroxylation sites is 1. The molecule has 3 rings (SSSR count). The number of aromatic amines is 1. The number of nitrogens with one attached hydrogen (secondary N) is 1. The molecule has 0 aliphatic carbocycles. The molecule has 0 amide bonds. The van der Waals surface area contributed by atoms with E-state index in [1.165, 1.54) is 0 Å². The summed E-state index contributed by atoms with van der Waals surface area (Å²) in [5.41, 5.74) is 2.79. The van der Waals surface area contributed by atoms with E-state index in [2.05, 4.69) is 15.2 Å². The predicted octanol–water partition coefficient (Wildman–Crippen LogP) is 2.94. The zero-order chi connectivity index (χ0) is 13.9. The van der Waals surface area contributed by atoms with Crippen molar-refractivity contribution >= 4 is 23.3 Å². The van der Waals surface area contributed by atoms with Gasteiger partial charge in [0.1, 0.15) is 11.3 Å². The first-order chi connectivity index (χ1) is 9.79. The predicted molar refractivity (Wildman–Crippen MR) is 79.4 cm³/mol. The molecule has 2 heterocycles. The van der Waals surface area contributed by atoms with Gasteiger partial charge >= 0.3 is 0 Å². The Kier molecular flexibility index (Phi) is 3.47. The summed E-state index contributed by atoms with van der Waals surface area (Å²) in [6.07, 6.45) is 1.66. The number of hydrogen-bond donors (Lipinski definition) is 1. The lowest BCUT2D eigenvalue weighted by Gasteiger charge is -2.06. The minimum atomic E-state index is 0.586. The molecular formula is C14H14N4OS. The van der Waals surface area contributed by atoms with Crippen LogP contribution < -0.4 is 4.74 Å². The summed E-state index contributed by atoms with van der Waals surface area (Å²) in [6, 6.07) is 9.71. The number of rotatable bonds is 4. The van der Waals surface area contributed by atoms with Gasteiger partial charge in [0.05, 0.1) is 24.4 Å². The van der Waals surface area contributed by atoms with E-state index in [1.807, 2.05) is 41.8 Å². The molecule has 2 aromatic heterocycles. The van der Waals surface area contributed by atoms with E-state index in [-0.39, 0.29) is 0 Å². The van der Waals surface area contributed by atoms with Gasteiger partial charge in [-0.3, -0.25) is 0 Å². The summed E-state index contributed by atoms with van der Waals surface area (Å²) in [6.45, 7) is 3.17. The molecule has 0 aliphatic heterocycles. The number of H-pyrrole nitrogens is 1. The average Bonchev–Trinajstić information content (AvgIpc) is 2.78. The summed E-state index contributed by atoms with van der Waals surface area (Å²) in [4.78, 5) is 3.21. The van der Waals surface area contributed by atoms with Crippen molar-refractivity contribution < 1.29 is 4.74 Å². The van der Waals surface area contributed by atoms with Crippen LogP contribution in [-0.4, -0.2) is 26.4 Å². The Bertz CT molecular complexity index is 779. The van der Waals surface area contributed by atoms with Crippen molar-refractivity contribution in [3.63, 3.8) is 0 Å². The quantitative estimate of drug-likeness (QED) is 0.749. The first-order valence-corrected chi connectivity index (χ1v) is 6.81. The Balaban J connectivity index is 2.10. The van der Waals surface area contributed by atoms with Crippen LogP contribution in [0.1, 0.15) is 12.6 Å². The first-order valence-electron chi connectivity index (χ1n) is 6.40. The van der Waals surface area contributed by atoms with Gasteiger partial charge in [-0.25, -0.2) is 0 Å². The van der Waals surface area contributed by atoms with Crippen LogP contribution in [0.25, 0.3) is 11.0 Å². The number of nitrogens with zero attached hydrogens (tertiary/aromatic N) is 3. The van der Waals surface area contributed by atoms with Crippen molar-refractivity contribution in [3.05, 3.63) is 47.0 Å². The Morgan fingerprint density at radius 3 is 2.95 bits per heavy atom. The van der Waals surface area contributed by atoms with Gasteiger partial charge in [0.25, 0.3) is 0 Å². The normalized spacial score (nSPS) is 10.8. The van der Waals surface area contributed by atoms with Crippen molar-refractivity contribution in [2.75, 3.05) is 6.61 Å². The highest BCUT2D eigenvalue weighted by Crippen LogP contribution is 2.25. The van der Waals surface area contributed by atoms with Crippen LogP contribution in [0.15, 0.2) is 36.5 Å². The van der Waals surface area contributed by atoms with E-state index in [0.29, 0.717) is 17.9 Å². The summed E-state index contributed by atoms with van der Waals surface area (Å²) in [7, 11) is 0. The Labute approximate surface area is 121 Å². The number of fused-ring (bicyclic) bond motifs is 1. The van der Waals surface area contributed by atoms with E-state index in [9.17, 15) is 0 Å². The highest BCUT2D eigenvalue weighted by atomic mass is 32.1. The summed E-state index contributed by atoms with van der Waals surface area (Å²) in [5.74, 6) is 0.814. The van der Waals surface area contributed by atoms with E-state index >= 15 is 0 Å². The van der Waals surface area contributed by atoms with E-state index in [4.69, 9.17) is 17.0 Å². The van der Waals surface area contributed by atoms with E-state index in [1.54, 1.807) is 6.20 Å². The molecule has 0 fully saturated rings. The molecule has 20 heavy (non-hydrogen) atoms. The number of imidazole rings is 1. The van der Waals surface area contributed by atoms with Crippen LogP contribution in [0.4, 0.5) is 0 Å². The molecule has 0 saturated heterocycles. The van der Waals surface area contributed by atoms with Crippen molar-refractivity contribution in [2.24, 2.45) is 0 Å². The number of ether oxygens (including phenoxy) is 1. The summed E-state index contributed by atoms with van der Waals surface area (Å²) in [5, 5.41) is 7.99. The molecule has 0 unspecified atom stereocenters. The molecule has 1 aromatic carbocycles. The molecule has 0 saturated carbocycles. The van der Waals surface area contributed by atoms with Crippen LogP contribution in [-0.2, 0) is 6.54 Å². The number of hydrogen-bond acceptors (Lipinski definition) is 4. The van der Waals surface area contributed by atoms with Gasteiger partial charge in [0, 0.05) is 6.20 Å². The van der Waals surface area contributed by atoms with Crippen LogP contribution in [0.3, 0.4) is 0 Å². The third-order valence-electron chi connectivity index (χ3n) is 3.02. The first kappa shape index (κ1) is 12.8. The van der Waals surface area contributed by atoms with Crippen LogP contribution in [0, 0.1) is 4.77 Å². The monoisotopic (exact) mass is 286 g/mol. The molecular weight excluding hydrogens is 272 g/mol. The van der Waals surface area contributed by atoms with E-state index < -0.39 is 0 Å². The van der Waals surface area contributed by atoms with Gasteiger partial charge < -0.3 is 14.3 Å². The zero-order valence-electron chi connectivity index (χ0n) is 11.0. The van der Waals surface area contributed by atoms with Crippen molar-refractivity contribution in [2.45, 2.75) is 13.5 Å². The Morgan fingerprint density at radius 2 is 2.20 bits per heavy atom. The van der Waals surface area contributed by atoms with Crippen LogP contribution in [0.2, 0.25) is 0 Å². The van der Waals surface area contributed by atoms with Gasteiger partial charge in [0.2, 0.25) is 0 Å². The second-order valence-electron chi connectivity index (χ2n) is 4.31. The average molecular weight is 286 g/mol. The lowest BCUT2D eigenvalue weighted by Crippen LogP contribution is -2.02. The lowest BCUT2D eigenvalue weighted by atomic mass is 10.3. The molecule has 1 N–H and O–H groups in total.